The molecule has 0 unspecified atom stereocenters. The van der Waals surface area contributed by atoms with Crippen LogP contribution in [-0.4, -0.2) is 29.3 Å². The molecule has 2 heterocycles. The number of carbonyl (C=O) groups is 1. The van der Waals surface area contributed by atoms with Crippen molar-refractivity contribution in [3.63, 3.8) is 0 Å². The van der Waals surface area contributed by atoms with Gasteiger partial charge in [0.2, 0.25) is 5.88 Å². The second kappa shape index (κ2) is 7.97. The third-order valence-electron chi connectivity index (χ3n) is 4.06. The maximum Gasteiger partial charge on any atom is 0.251 e. The number of nitrogens with one attached hydrogen (secondary N) is 1. The minimum Gasteiger partial charge on any atom is -0.475 e. The second-order valence-electron chi connectivity index (χ2n) is 5.90. The van der Waals surface area contributed by atoms with Crippen molar-refractivity contribution in [1.82, 2.24) is 15.5 Å². The van der Waals surface area contributed by atoms with E-state index in [4.69, 9.17) is 4.74 Å². The number of carbonyl (C=O) groups excluding carboxylic acids is 1. The smallest absolute Gasteiger partial charge is 0.251 e. The predicted octanol–water partition coefficient (Wildman–Crippen LogP) is 4.17. The van der Waals surface area contributed by atoms with E-state index in [1.807, 2.05) is 66.0 Å². The Morgan fingerprint density at radius 2 is 1.85 bits per heavy atom. The summed E-state index contributed by atoms with van der Waals surface area (Å²) in [4.78, 5) is 13.3. The number of benzene rings is 2. The Labute approximate surface area is 160 Å². The van der Waals surface area contributed by atoms with Gasteiger partial charge in [0.05, 0.1) is 11.4 Å². The van der Waals surface area contributed by atoms with Gasteiger partial charge in [0.25, 0.3) is 5.91 Å². The molecule has 0 aliphatic rings. The predicted molar refractivity (Wildman–Crippen MR) is 107 cm³/mol. The Balaban J connectivity index is 1.28. The van der Waals surface area contributed by atoms with Crippen LogP contribution in [0, 0.1) is 0 Å². The number of amides is 1. The summed E-state index contributed by atoms with van der Waals surface area (Å²) in [5.74, 6) is 0.318. The number of fused-ring (bicyclic) bond motifs is 1. The minimum absolute atomic E-state index is 0.122. The highest BCUT2D eigenvalue weighted by Gasteiger charge is 2.06. The fourth-order valence-corrected chi connectivity index (χ4v) is 3.40. The van der Waals surface area contributed by atoms with Crippen LogP contribution < -0.4 is 10.1 Å². The summed E-state index contributed by atoms with van der Waals surface area (Å²) in [7, 11) is 0. The zero-order valence-electron chi connectivity index (χ0n) is 14.5. The molecule has 5 nitrogen and oxygen atoms in total. The average molecular weight is 375 g/mol. The van der Waals surface area contributed by atoms with Gasteiger partial charge in [0, 0.05) is 11.6 Å². The third kappa shape index (κ3) is 4.12. The Morgan fingerprint density at radius 3 is 2.63 bits per heavy atom. The Bertz CT molecular complexity index is 1050. The van der Waals surface area contributed by atoms with E-state index >= 15 is 0 Å². The van der Waals surface area contributed by atoms with E-state index in [9.17, 15) is 4.79 Å². The van der Waals surface area contributed by atoms with E-state index in [1.165, 1.54) is 0 Å². The Kier molecular flexibility index (Phi) is 5.07. The first-order valence-corrected chi connectivity index (χ1v) is 9.45. The lowest BCUT2D eigenvalue weighted by Crippen LogP contribution is -2.28. The van der Waals surface area contributed by atoms with Gasteiger partial charge in [-0.05, 0) is 40.4 Å². The fourth-order valence-electron chi connectivity index (χ4n) is 2.71. The molecular formula is C21H17N3O2S. The van der Waals surface area contributed by atoms with E-state index in [0.717, 1.165) is 21.3 Å². The molecule has 0 fully saturated rings. The van der Waals surface area contributed by atoms with Gasteiger partial charge in [-0.25, -0.2) is 0 Å². The van der Waals surface area contributed by atoms with Crippen LogP contribution in [0.4, 0.5) is 0 Å². The molecule has 4 rings (SSSR count). The number of ether oxygens (including phenoxy) is 1. The molecule has 1 N–H and O–H groups in total. The first-order chi connectivity index (χ1) is 13.3. The molecule has 0 atom stereocenters. The summed E-state index contributed by atoms with van der Waals surface area (Å²) in [6, 6.07) is 21.3. The van der Waals surface area contributed by atoms with Crippen LogP contribution in [-0.2, 0) is 0 Å². The molecule has 134 valence electrons. The first-order valence-electron chi connectivity index (χ1n) is 8.57. The summed E-state index contributed by atoms with van der Waals surface area (Å²) in [5.41, 5.74) is 1.45. The molecule has 0 aliphatic heterocycles. The van der Waals surface area contributed by atoms with E-state index < -0.39 is 0 Å². The number of nitrogens with zero attached hydrogens (tertiary/aromatic N) is 2. The van der Waals surface area contributed by atoms with Gasteiger partial charge in [-0.2, -0.15) is 0 Å². The van der Waals surface area contributed by atoms with Gasteiger partial charge in [0.15, 0.2) is 0 Å². The molecule has 2 aromatic carbocycles. The first kappa shape index (κ1) is 17.2. The van der Waals surface area contributed by atoms with Crippen LogP contribution in [0.2, 0.25) is 0 Å². The topological polar surface area (TPSA) is 64.1 Å². The molecule has 27 heavy (non-hydrogen) atoms. The van der Waals surface area contributed by atoms with E-state index in [2.05, 4.69) is 15.5 Å². The number of hydrogen-bond donors (Lipinski definition) is 1. The maximum atomic E-state index is 12.3. The van der Waals surface area contributed by atoms with Crippen LogP contribution in [0.15, 0.2) is 72.1 Å². The van der Waals surface area contributed by atoms with Crippen molar-refractivity contribution in [1.29, 1.82) is 0 Å². The molecule has 1 amide bonds. The Morgan fingerprint density at radius 1 is 0.963 bits per heavy atom. The quantitative estimate of drug-likeness (QED) is 0.514. The molecule has 0 saturated heterocycles. The minimum atomic E-state index is -0.122. The van der Waals surface area contributed by atoms with Crippen LogP contribution in [0.1, 0.15) is 10.4 Å². The maximum absolute atomic E-state index is 12.3. The van der Waals surface area contributed by atoms with Gasteiger partial charge in [-0.1, -0.05) is 36.4 Å². The molecule has 2 aromatic heterocycles. The largest absolute Gasteiger partial charge is 0.475 e. The van der Waals surface area contributed by atoms with E-state index in [0.29, 0.717) is 24.6 Å². The second-order valence-corrected chi connectivity index (χ2v) is 6.85. The fraction of sp³-hybridized carbons (Fsp3) is 0.0952. The summed E-state index contributed by atoms with van der Waals surface area (Å²) < 4.78 is 5.55. The highest BCUT2D eigenvalue weighted by Crippen LogP contribution is 2.22. The van der Waals surface area contributed by atoms with Crippen molar-refractivity contribution >= 4 is 28.0 Å². The zero-order chi connectivity index (χ0) is 18.5. The van der Waals surface area contributed by atoms with Gasteiger partial charge in [0.1, 0.15) is 12.3 Å². The average Bonchev–Trinajstić information content (AvgIpc) is 3.26. The molecule has 0 bridgehead atoms. The molecule has 4 aromatic rings. The van der Waals surface area contributed by atoms with Crippen molar-refractivity contribution in [3.8, 4) is 16.5 Å². The standard InChI is InChI=1S/C21H17N3O2S/c25-21(17-8-7-15-4-1-2-5-16(15)14-17)22-11-12-26-20-10-9-18(23-24-20)19-6-3-13-27-19/h1-10,13-14H,11-12H2,(H,22,25). The van der Waals surface area contributed by atoms with Crippen molar-refractivity contribution in [2.75, 3.05) is 13.2 Å². The van der Waals surface area contributed by atoms with Gasteiger partial charge in [-0.15, -0.1) is 21.5 Å². The number of hydrogen-bond acceptors (Lipinski definition) is 5. The number of aromatic nitrogens is 2. The highest BCUT2D eigenvalue weighted by molar-refractivity contribution is 7.13. The van der Waals surface area contributed by atoms with Crippen molar-refractivity contribution in [3.05, 3.63) is 77.7 Å². The third-order valence-corrected chi connectivity index (χ3v) is 4.96. The van der Waals surface area contributed by atoms with Crippen LogP contribution in [0.25, 0.3) is 21.3 Å². The van der Waals surface area contributed by atoms with E-state index in [-0.39, 0.29) is 5.91 Å². The van der Waals surface area contributed by atoms with Crippen LogP contribution in [0.5, 0.6) is 5.88 Å². The molecule has 0 radical (unpaired) electrons. The number of thiophene rings is 1. The zero-order valence-corrected chi connectivity index (χ0v) is 15.3. The van der Waals surface area contributed by atoms with Crippen molar-refractivity contribution < 1.29 is 9.53 Å². The molecular weight excluding hydrogens is 358 g/mol. The summed E-state index contributed by atoms with van der Waals surface area (Å²) in [6.45, 7) is 0.715. The summed E-state index contributed by atoms with van der Waals surface area (Å²) in [6.07, 6.45) is 0. The van der Waals surface area contributed by atoms with Crippen LogP contribution >= 0.6 is 11.3 Å². The molecule has 6 heteroatoms. The summed E-state index contributed by atoms with van der Waals surface area (Å²) in [5, 5.41) is 15.2. The SMILES string of the molecule is O=C(NCCOc1ccc(-c2cccs2)nn1)c1ccc2ccccc2c1. The van der Waals surface area contributed by atoms with E-state index in [1.54, 1.807) is 17.4 Å². The highest BCUT2D eigenvalue weighted by atomic mass is 32.1. The monoisotopic (exact) mass is 375 g/mol. The summed E-state index contributed by atoms with van der Waals surface area (Å²) >= 11 is 1.61. The number of rotatable bonds is 6. The van der Waals surface area contributed by atoms with Crippen molar-refractivity contribution in [2.45, 2.75) is 0 Å². The Hall–Kier alpha value is -3.25. The lowest BCUT2D eigenvalue weighted by Gasteiger charge is -2.08. The molecule has 0 saturated carbocycles. The lowest BCUT2D eigenvalue weighted by molar-refractivity contribution is 0.0946. The van der Waals surface area contributed by atoms with Crippen LogP contribution in [0.3, 0.4) is 0 Å². The van der Waals surface area contributed by atoms with Gasteiger partial charge >= 0.3 is 0 Å². The van der Waals surface area contributed by atoms with Gasteiger partial charge in [-0.3, -0.25) is 4.79 Å². The lowest BCUT2D eigenvalue weighted by atomic mass is 10.1. The molecule has 0 spiro atoms. The van der Waals surface area contributed by atoms with Gasteiger partial charge < -0.3 is 10.1 Å². The normalized spacial score (nSPS) is 10.7. The van der Waals surface area contributed by atoms with Crippen molar-refractivity contribution in [2.24, 2.45) is 0 Å². The molecule has 0 aliphatic carbocycles.